The van der Waals surface area contributed by atoms with E-state index in [0.29, 0.717) is 0 Å². The molecular weight excluding hydrogens is 668 g/mol. The van der Waals surface area contributed by atoms with E-state index in [-0.39, 0.29) is 24.5 Å². The smallest absolute Gasteiger partial charge is 0.373 e. The van der Waals surface area contributed by atoms with Crippen LogP contribution in [0.4, 0.5) is 0 Å². The Morgan fingerprint density at radius 1 is 0.529 bits per heavy atom. The summed E-state index contributed by atoms with van der Waals surface area (Å²) in [5.41, 5.74) is 1.27. The summed E-state index contributed by atoms with van der Waals surface area (Å²) in [5.74, 6) is 0. The van der Waals surface area contributed by atoms with Crippen LogP contribution in [0, 0.1) is 5.38 Å². The first kappa shape index (κ1) is 49.5. The summed E-state index contributed by atoms with van der Waals surface area (Å²) in [6.45, 7) is 15.1. The minimum Gasteiger partial charge on any atom is -0.373 e. The van der Waals surface area contributed by atoms with Crippen molar-refractivity contribution in [3.8, 4) is 0 Å². The first-order valence-electron chi connectivity index (χ1n) is 22.5. The Morgan fingerprint density at radius 3 is 1.18 bits per heavy atom. The zero-order valence-electron chi connectivity index (χ0n) is 35.6. The van der Waals surface area contributed by atoms with Crippen LogP contribution in [0.25, 0.3) is 9.40 Å². The third-order valence-corrected chi connectivity index (χ3v) is 16.9. The summed E-state index contributed by atoms with van der Waals surface area (Å²) < 4.78 is 11.5. The minimum absolute atomic E-state index is 0. The predicted octanol–water partition coefficient (Wildman–Crippen LogP) is 14.1. The molecule has 0 N–H and O–H groups in total. The number of hydrogen-bond acceptors (Lipinski definition) is 3. The van der Waals surface area contributed by atoms with Crippen molar-refractivity contribution in [1.29, 1.82) is 0 Å². The van der Waals surface area contributed by atoms with Gasteiger partial charge in [0.15, 0.2) is 0 Å². The molecule has 0 amide bonds. The largest absolute Gasteiger partial charge is 1.00 e. The minimum atomic E-state index is -1.34. The van der Waals surface area contributed by atoms with Gasteiger partial charge < -0.3 is 4.74 Å². The summed E-state index contributed by atoms with van der Waals surface area (Å²) in [4.78, 5) is 0. The number of hydrogen-bond donors (Lipinski definition) is 0. The van der Waals surface area contributed by atoms with Gasteiger partial charge in [-0.05, 0) is 24.3 Å². The molecule has 0 fully saturated rings. The van der Waals surface area contributed by atoms with E-state index in [9.17, 15) is 0 Å². The van der Waals surface area contributed by atoms with E-state index in [1.54, 1.807) is 4.50 Å². The Kier molecular flexibility index (Phi) is 30.7. The second-order valence-corrected chi connectivity index (χ2v) is 24.3. The summed E-state index contributed by atoms with van der Waals surface area (Å²) in [5, 5.41) is 3.85. The molecule has 0 radical (unpaired) electrons. The van der Waals surface area contributed by atoms with Crippen molar-refractivity contribution in [3.63, 3.8) is 0 Å². The number of unbranched alkanes of at least 4 members (excludes halogenated alkanes) is 28. The van der Waals surface area contributed by atoms with E-state index in [1.165, 1.54) is 220 Å². The number of thiophene rings is 2. The van der Waals surface area contributed by atoms with E-state index < -0.39 is 8.07 Å². The Balaban J connectivity index is 0.0000130. The molecule has 1 nitrogen and oxygen atoms in total. The van der Waals surface area contributed by atoms with Gasteiger partial charge in [-0.3, -0.25) is 11.3 Å². The van der Waals surface area contributed by atoms with Gasteiger partial charge in [0.25, 0.3) is 0 Å². The van der Waals surface area contributed by atoms with Gasteiger partial charge in [-0.1, -0.05) is 226 Å². The fourth-order valence-electron chi connectivity index (χ4n) is 7.88. The Hall–Kier alpha value is 0.434. The molecule has 0 atom stereocenters. The molecule has 2 aromatic rings. The van der Waals surface area contributed by atoms with E-state index >= 15 is 0 Å². The fraction of sp³-hybridized carbons (Fsp3) is 0.870. The fourth-order valence-corrected chi connectivity index (χ4v) is 12.2. The quantitative estimate of drug-likeness (QED) is 0.0383. The number of fused-ring (bicyclic) bond motifs is 1. The standard InChI is InChI=1S/C46H85OS2Si.Li/c1-7-10-12-14-16-18-20-22-24-26-28-30-32-34-36-38-46(47-9-3,42-41-48-43-40-44(49-45(42)43)50(4,5)6)39-37-35-33-31-29-27-25-23-21-19-17-15-13-11-8-2;/h40H,7-39H2,1-6H3;/q-1;+1. The van der Waals surface area contributed by atoms with Crippen LogP contribution in [-0.2, 0) is 10.3 Å². The maximum atomic E-state index is 6.91. The molecule has 292 valence electrons. The number of rotatable bonds is 36. The first-order valence-corrected chi connectivity index (χ1v) is 27.6. The van der Waals surface area contributed by atoms with Crippen LogP contribution in [0.5, 0.6) is 0 Å². The average Bonchev–Trinajstić information content (AvgIpc) is 3.70. The molecule has 5 heteroatoms. The van der Waals surface area contributed by atoms with Crippen LogP contribution in [-0.4, -0.2) is 14.7 Å². The van der Waals surface area contributed by atoms with Gasteiger partial charge in [-0.15, -0.1) is 26.4 Å². The van der Waals surface area contributed by atoms with Crippen molar-refractivity contribution in [3.05, 3.63) is 17.0 Å². The van der Waals surface area contributed by atoms with Crippen molar-refractivity contribution in [2.75, 3.05) is 6.61 Å². The van der Waals surface area contributed by atoms with E-state index in [0.717, 1.165) is 6.61 Å². The van der Waals surface area contributed by atoms with E-state index in [2.05, 4.69) is 63.2 Å². The molecule has 2 rings (SSSR count). The van der Waals surface area contributed by atoms with Gasteiger partial charge in [-0.25, -0.2) is 11.3 Å². The molecule has 2 heterocycles. The summed E-state index contributed by atoms with van der Waals surface area (Å²) >= 11 is 3.94. The summed E-state index contributed by atoms with van der Waals surface area (Å²) in [7, 11) is -1.34. The maximum absolute atomic E-state index is 6.91. The van der Waals surface area contributed by atoms with Crippen LogP contribution in [0.3, 0.4) is 0 Å². The second kappa shape index (κ2) is 31.6. The third kappa shape index (κ3) is 21.9. The van der Waals surface area contributed by atoms with Crippen LogP contribution < -0.4 is 23.4 Å². The van der Waals surface area contributed by atoms with Gasteiger partial charge in [-0.2, -0.15) is 0 Å². The van der Waals surface area contributed by atoms with Gasteiger partial charge in [0.1, 0.15) is 0 Å². The van der Waals surface area contributed by atoms with Gasteiger partial charge in [0.2, 0.25) is 0 Å². The molecule has 0 unspecified atom stereocenters. The van der Waals surface area contributed by atoms with Crippen molar-refractivity contribution in [2.24, 2.45) is 0 Å². The first-order chi connectivity index (χ1) is 24.4. The third-order valence-electron chi connectivity index (χ3n) is 11.2. The van der Waals surface area contributed by atoms with Crippen LogP contribution >= 0.6 is 22.7 Å². The Bertz CT molecular complexity index is 1010. The Labute approximate surface area is 341 Å². The maximum Gasteiger partial charge on any atom is 1.00 e. The van der Waals surface area contributed by atoms with Gasteiger partial charge >= 0.3 is 18.9 Å². The average molecular weight is 753 g/mol. The molecule has 0 aromatic carbocycles. The molecule has 0 aliphatic rings. The van der Waals surface area contributed by atoms with Crippen molar-refractivity contribution in [1.82, 2.24) is 0 Å². The van der Waals surface area contributed by atoms with Crippen molar-refractivity contribution in [2.45, 2.75) is 251 Å². The molecule has 0 saturated carbocycles. The monoisotopic (exact) mass is 753 g/mol. The van der Waals surface area contributed by atoms with E-state index in [4.69, 9.17) is 4.74 Å². The number of ether oxygens (including phenoxy) is 1. The normalized spacial score (nSPS) is 12.3. The molecule has 51 heavy (non-hydrogen) atoms. The van der Waals surface area contributed by atoms with Crippen molar-refractivity contribution < 1.29 is 23.6 Å². The van der Waals surface area contributed by atoms with Crippen LogP contribution in [0.15, 0.2) is 6.07 Å². The molecule has 0 aliphatic heterocycles. The second-order valence-electron chi connectivity index (χ2n) is 17.0. The SMILES string of the molecule is CCCCCCCCCCCCCCCCCC(CCCCCCCCCCCCCCCCC)(OCC)c1[c-]sc2cc([Si](C)(C)C)sc12.[Li+]. The Morgan fingerprint density at radius 2 is 0.863 bits per heavy atom. The predicted molar refractivity (Wildman–Crippen MR) is 234 cm³/mol. The molecule has 0 spiro atoms. The molecule has 2 aromatic heterocycles. The van der Waals surface area contributed by atoms with Gasteiger partial charge in [0.05, 0.1) is 13.7 Å². The van der Waals surface area contributed by atoms with Gasteiger partial charge in [0, 0.05) is 6.61 Å². The topological polar surface area (TPSA) is 9.23 Å². The van der Waals surface area contributed by atoms with E-state index in [1.807, 2.05) is 11.3 Å². The van der Waals surface area contributed by atoms with Crippen molar-refractivity contribution >= 4 is 44.6 Å². The zero-order valence-corrected chi connectivity index (χ0v) is 38.3. The molecular formula is C46H85LiOS2Si. The van der Waals surface area contributed by atoms with Crippen LogP contribution in [0.2, 0.25) is 19.6 Å². The zero-order chi connectivity index (χ0) is 36.2. The molecule has 0 aliphatic carbocycles. The molecule has 0 bridgehead atoms. The summed E-state index contributed by atoms with van der Waals surface area (Å²) in [6, 6.07) is 2.51. The summed E-state index contributed by atoms with van der Waals surface area (Å²) in [6.07, 6.45) is 44.9. The molecule has 0 saturated heterocycles. The van der Waals surface area contributed by atoms with Crippen LogP contribution in [0.1, 0.15) is 232 Å².